The van der Waals surface area contributed by atoms with Gasteiger partial charge < -0.3 is 5.32 Å². The molecule has 0 saturated carbocycles. The summed E-state index contributed by atoms with van der Waals surface area (Å²) >= 11 is 0. The number of para-hydroxylation sites is 1. The van der Waals surface area contributed by atoms with E-state index in [-0.39, 0.29) is 0 Å². The number of nitrogens with one attached hydrogen (secondary N) is 1. The molecule has 0 heterocycles. The molecule has 1 N–H and O–H groups in total. The van der Waals surface area contributed by atoms with Crippen LogP contribution in [0.1, 0.15) is 12.5 Å². The molecule has 0 saturated heterocycles. The van der Waals surface area contributed by atoms with Gasteiger partial charge in [0.25, 0.3) is 0 Å². The van der Waals surface area contributed by atoms with Crippen molar-refractivity contribution in [3.8, 4) is 0 Å². The highest BCUT2D eigenvalue weighted by Gasteiger charge is 2.13. The van der Waals surface area contributed by atoms with E-state index in [9.17, 15) is 0 Å². The second-order valence-corrected chi connectivity index (χ2v) is 4.11. The van der Waals surface area contributed by atoms with Crippen LogP contribution in [-0.2, 0) is 0 Å². The van der Waals surface area contributed by atoms with Crippen LogP contribution in [0.2, 0.25) is 0 Å². The van der Waals surface area contributed by atoms with Gasteiger partial charge in [-0.3, -0.25) is 0 Å². The Hall–Kier alpha value is -1.50. The van der Waals surface area contributed by atoms with Gasteiger partial charge in [0.2, 0.25) is 0 Å². The molecule has 0 spiro atoms. The van der Waals surface area contributed by atoms with Crippen molar-refractivity contribution in [1.82, 2.24) is 0 Å². The molecule has 0 aromatic heterocycles. The molecule has 1 heteroatoms. The van der Waals surface area contributed by atoms with Crippen molar-refractivity contribution in [2.24, 2.45) is 5.92 Å². The molecule has 0 aliphatic heterocycles. The maximum Gasteiger partial charge on any atom is 0.0507 e. The Morgan fingerprint density at radius 2 is 1.80 bits per heavy atom. The average molecular weight is 199 g/mol. The van der Waals surface area contributed by atoms with Crippen molar-refractivity contribution < 1.29 is 0 Å². The van der Waals surface area contributed by atoms with Gasteiger partial charge in [-0.25, -0.2) is 0 Å². The SMILES string of the molecule is Cc1ccccc1NC1C=CC=CC1C. The van der Waals surface area contributed by atoms with Crippen molar-refractivity contribution in [2.45, 2.75) is 19.9 Å². The molecule has 0 fully saturated rings. The van der Waals surface area contributed by atoms with E-state index in [4.69, 9.17) is 0 Å². The second-order valence-electron chi connectivity index (χ2n) is 4.11. The van der Waals surface area contributed by atoms with E-state index in [1.807, 2.05) is 0 Å². The Bertz CT molecular complexity index is 390. The van der Waals surface area contributed by atoms with Gasteiger partial charge in [-0.15, -0.1) is 0 Å². The number of hydrogen-bond acceptors (Lipinski definition) is 1. The van der Waals surface area contributed by atoms with Crippen molar-refractivity contribution in [1.29, 1.82) is 0 Å². The summed E-state index contributed by atoms with van der Waals surface area (Å²) in [5, 5.41) is 3.56. The van der Waals surface area contributed by atoms with Gasteiger partial charge in [0.05, 0.1) is 6.04 Å². The average Bonchev–Trinajstić information content (AvgIpc) is 2.24. The zero-order valence-corrected chi connectivity index (χ0v) is 9.27. The summed E-state index contributed by atoms with van der Waals surface area (Å²) in [7, 11) is 0. The summed E-state index contributed by atoms with van der Waals surface area (Å²) in [5.74, 6) is 0.551. The maximum atomic E-state index is 3.56. The summed E-state index contributed by atoms with van der Waals surface area (Å²) < 4.78 is 0. The van der Waals surface area contributed by atoms with E-state index in [0.29, 0.717) is 12.0 Å². The molecule has 2 atom stereocenters. The molecule has 0 radical (unpaired) electrons. The van der Waals surface area contributed by atoms with Crippen LogP contribution < -0.4 is 5.32 Å². The van der Waals surface area contributed by atoms with E-state index < -0.39 is 0 Å². The van der Waals surface area contributed by atoms with Crippen LogP contribution in [0.15, 0.2) is 48.6 Å². The molecular weight excluding hydrogens is 182 g/mol. The zero-order chi connectivity index (χ0) is 10.7. The lowest BCUT2D eigenvalue weighted by Crippen LogP contribution is -2.25. The van der Waals surface area contributed by atoms with E-state index in [2.05, 4.69) is 67.7 Å². The Kier molecular flexibility index (Phi) is 2.91. The highest BCUT2D eigenvalue weighted by Crippen LogP contribution is 2.20. The summed E-state index contributed by atoms with van der Waals surface area (Å²) in [5.41, 5.74) is 2.53. The van der Waals surface area contributed by atoms with Crippen LogP contribution in [0.4, 0.5) is 5.69 Å². The van der Waals surface area contributed by atoms with Gasteiger partial charge in [-0.1, -0.05) is 49.4 Å². The molecule has 2 unspecified atom stereocenters. The minimum absolute atomic E-state index is 0.413. The van der Waals surface area contributed by atoms with Gasteiger partial charge in [-0.2, -0.15) is 0 Å². The summed E-state index contributed by atoms with van der Waals surface area (Å²) in [6.07, 6.45) is 8.67. The van der Waals surface area contributed by atoms with Crippen molar-refractivity contribution >= 4 is 5.69 Å². The molecule has 2 rings (SSSR count). The van der Waals surface area contributed by atoms with E-state index in [0.717, 1.165) is 0 Å². The topological polar surface area (TPSA) is 12.0 Å². The molecule has 1 nitrogen and oxygen atoms in total. The third kappa shape index (κ3) is 2.30. The Morgan fingerprint density at radius 1 is 1.07 bits per heavy atom. The van der Waals surface area contributed by atoms with Crippen LogP contribution in [-0.4, -0.2) is 6.04 Å². The lowest BCUT2D eigenvalue weighted by atomic mass is 9.96. The quantitative estimate of drug-likeness (QED) is 0.768. The van der Waals surface area contributed by atoms with Gasteiger partial charge in [0.15, 0.2) is 0 Å². The fraction of sp³-hybridized carbons (Fsp3) is 0.286. The third-order valence-electron chi connectivity index (χ3n) is 2.88. The first-order valence-electron chi connectivity index (χ1n) is 5.44. The Morgan fingerprint density at radius 3 is 2.53 bits per heavy atom. The molecule has 1 aromatic rings. The first kappa shape index (κ1) is 10.0. The van der Waals surface area contributed by atoms with Crippen molar-refractivity contribution in [3.05, 3.63) is 54.1 Å². The highest BCUT2D eigenvalue weighted by atomic mass is 14.9. The Balaban J connectivity index is 2.12. The Labute approximate surface area is 91.5 Å². The minimum atomic E-state index is 0.413. The smallest absolute Gasteiger partial charge is 0.0507 e. The van der Waals surface area contributed by atoms with Gasteiger partial charge in [0.1, 0.15) is 0 Å². The van der Waals surface area contributed by atoms with Crippen molar-refractivity contribution in [3.63, 3.8) is 0 Å². The summed E-state index contributed by atoms with van der Waals surface area (Å²) in [4.78, 5) is 0. The molecular formula is C14H17N. The molecule has 15 heavy (non-hydrogen) atoms. The highest BCUT2D eigenvalue weighted by molar-refractivity contribution is 5.52. The fourth-order valence-electron chi connectivity index (χ4n) is 1.81. The van der Waals surface area contributed by atoms with Crippen LogP contribution in [0.5, 0.6) is 0 Å². The van der Waals surface area contributed by atoms with Crippen molar-refractivity contribution in [2.75, 3.05) is 5.32 Å². The van der Waals surface area contributed by atoms with Gasteiger partial charge in [-0.05, 0) is 24.5 Å². The monoisotopic (exact) mass is 199 g/mol. The van der Waals surface area contributed by atoms with Crippen LogP contribution in [0, 0.1) is 12.8 Å². The van der Waals surface area contributed by atoms with Crippen LogP contribution in [0.25, 0.3) is 0 Å². The number of benzene rings is 1. The number of hydrogen-bond donors (Lipinski definition) is 1. The van der Waals surface area contributed by atoms with Gasteiger partial charge in [0, 0.05) is 5.69 Å². The first-order chi connectivity index (χ1) is 7.27. The van der Waals surface area contributed by atoms with Gasteiger partial charge >= 0.3 is 0 Å². The lowest BCUT2D eigenvalue weighted by molar-refractivity contribution is 0.659. The van der Waals surface area contributed by atoms with Crippen LogP contribution in [0.3, 0.4) is 0 Å². The van der Waals surface area contributed by atoms with E-state index in [1.165, 1.54) is 11.3 Å². The van der Waals surface area contributed by atoms with Crippen LogP contribution >= 0.6 is 0 Å². The van der Waals surface area contributed by atoms with E-state index in [1.54, 1.807) is 0 Å². The standard InChI is InChI=1S/C14H17N/c1-11-7-3-5-9-13(11)15-14-10-6-4-8-12(14)2/h3-11,13,15H,1-2H3. The number of allylic oxidation sites excluding steroid dienone is 2. The zero-order valence-electron chi connectivity index (χ0n) is 9.27. The number of aryl methyl sites for hydroxylation is 1. The molecule has 0 amide bonds. The predicted molar refractivity (Wildman–Crippen MR) is 66.0 cm³/mol. The molecule has 1 aliphatic carbocycles. The lowest BCUT2D eigenvalue weighted by Gasteiger charge is -2.23. The molecule has 0 bridgehead atoms. The maximum absolute atomic E-state index is 3.56. The largest absolute Gasteiger partial charge is 0.378 e. The summed E-state index contributed by atoms with van der Waals surface area (Å²) in [6, 6.07) is 8.82. The van der Waals surface area contributed by atoms with E-state index >= 15 is 0 Å². The predicted octanol–water partition coefficient (Wildman–Crippen LogP) is 3.54. The molecule has 1 aliphatic rings. The normalized spacial score (nSPS) is 24.1. The summed E-state index contributed by atoms with van der Waals surface area (Å²) in [6.45, 7) is 4.37. The number of anilines is 1. The number of rotatable bonds is 2. The minimum Gasteiger partial charge on any atom is -0.378 e. The first-order valence-corrected chi connectivity index (χ1v) is 5.44. The molecule has 1 aromatic carbocycles. The second kappa shape index (κ2) is 4.35. The third-order valence-corrected chi connectivity index (χ3v) is 2.88. The molecule has 78 valence electrons. The fourth-order valence-corrected chi connectivity index (χ4v) is 1.81.